The normalized spacial score (nSPS) is 11.1. The summed E-state index contributed by atoms with van der Waals surface area (Å²) in [5.41, 5.74) is 1.91. The van der Waals surface area contributed by atoms with Crippen molar-refractivity contribution in [3.63, 3.8) is 0 Å². The lowest BCUT2D eigenvalue weighted by atomic mass is 10.2. The van der Waals surface area contributed by atoms with Crippen molar-refractivity contribution in [2.75, 3.05) is 24.3 Å². The third-order valence-electron chi connectivity index (χ3n) is 3.25. The minimum Gasteiger partial charge on any atom is -0.347 e. The fraction of sp³-hybridized carbons (Fsp3) is 0.333. The van der Waals surface area contributed by atoms with E-state index in [-0.39, 0.29) is 5.92 Å². The Morgan fingerprint density at radius 1 is 1.14 bits per heavy atom. The van der Waals surface area contributed by atoms with Gasteiger partial charge in [0.2, 0.25) is 11.9 Å². The number of benzene rings is 1. The molecule has 7 heteroatoms. The van der Waals surface area contributed by atoms with E-state index in [9.17, 15) is 0 Å². The molecule has 0 atom stereocenters. The maximum absolute atomic E-state index is 4.49. The number of aromatic amines is 1. The first-order chi connectivity index (χ1) is 10.5. The van der Waals surface area contributed by atoms with Crippen molar-refractivity contribution in [2.45, 2.75) is 19.8 Å². The van der Waals surface area contributed by atoms with E-state index in [2.05, 4.69) is 44.3 Å². The van der Waals surface area contributed by atoms with Gasteiger partial charge in [-0.05, 0) is 18.2 Å². The van der Waals surface area contributed by atoms with Crippen LogP contribution in [0.2, 0.25) is 0 Å². The Bertz CT molecular complexity index is 765. The van der Waals surface area contributed by atoms with Gasteiger partial charge < -0.3 is 10.2 Å². The number of H-pyrrole nitrogens is 1. The van der Waals surface area contributed by atoms with Gasteiger partial charge in [0.15, 0.2) is 0 Å². The summed E-state index contributed by atoms with van der Waals surface area (Å²) in [6.45, 7) is 4.13. The maximum Gasteiger partial charge on any atom is 0.232 e. The van der Waals surface area contributed by atoms with Gasteiger partial charge in [0, 0.05) is 31.1 Å². The largest absolute Gasteiger partial charge is 0.347 e. The molecular formula is C15H19N7. The highest BCUT2D eigenvalue weighted by molar-refractivity contribution is 5.82. The van der Waals surface area contributed by atoms with E-state index in [4.69, 9.17) is 0 Å². The Morgan fingerprint density at radius 3 is 2.68 bits per heavy atom. The predicted molar refractivity (Wildman–Crippen MR) is 87.6 cm³/mol. The Hall–Kier alpha value is -2.70. The van der Waals surface area contributed by atoms with Gasteiger partial charge in [-0.1, -0.05) is 13.8 Å². The average Bonchev–Trinajstić information content (AvgIpc) is 2.94. The SMILES string of the molecule is CC(C)c1nc(Nc2ccc3[nH]ncc3c2)nc(N(C)C)n1. The second-order valence-corrected chi connectivity index (χ2v) is 5.66. The van der Waals surface area contributed by atoms with Crippen molar-refractivity contribution in [3.05, 3.63) is 30.2 Å². The predicted octanol–water partition coefficient (Wildman–Crippen LogP) is 2.68. The molecule has 2 N–H and O–H groups in total. The molecular weight excluding hydrogens is 278 g/mol. The molecule has 2 aromatic heterocycles. The highest BCUT2D eigenvalue weighted by Gasteiger charge is 2.11. The number of rotatable bonds is 4. The van der Waals surface area contributed by atoms with E-state index in [0.717, 1.165) is 22.4 Å². The van der Waals surface area contributed by atoms with Crippen LogP contribution in [0.15, 0.2) is 24.4 Å². The molecule has 0 fully saturated rings. The lowest BCUT2D eigenvalue weighted by Crippen LogP contribution is -2.16. The van der Waals surface area contributed by atoms with Crippen LogP contribution in [0.5, 0.6) is 0 Å². The highest BCUT2D eigenvalue weighted by Crippen LogP contribution is 2.21. The number of anilines is 3. The minimum atomic E-state index is 0.235. The van der Waals surface area contributed by atoms with Gasteiger partial charge in [0.25, 0.3) is 0 Å². The molecule has 0 bridgehead atoms. The Kier molecular flexibility index (Phi) is 3.62. The van der Waals surface area contributed by atoms with Gasteiger partial charge in [-0.3, -0.25) is 5.10 Å². The molecule has 0 aliphatic rings. The lowest BCUT2D eigenvalue weighted by Gasteiger charge is -2.14. The Morgan fingerprint density at radius 2 is 1.95 bits per heavy atom. The van der Waals surface area contributed by atoms with Gasteiger partial charge in [-0.15, -0.1) is 0 Å². The summed E-state index contributed by atoms with van der Waals surface area (Å²) in [4.78, 5) is 15.3. The molecule has 3 aromatic rings. The molecule has 0 spiro atoms. The third kappa shape index (κ3) is 2.83. The molecule has 0 amide bonds. The summed E-state index contributed by atoms with van der Waals surface area (Å²) >= 11 is 0. The smallest absolute Gasteiger partial charge is 0.232 e. The summed E-state index contributed by atoms with van der Waals surface area (Å²) in [5, 5.41) is 11.2. The molecule has 0 radical (unpaired) electrons. The molecule has 0 unspecified atom stereocenters. The van der Waals surface area contributed by atoms with Crippen molar-refractivity contribution in [1.29, 1.82) is 0 Å². The number of hydrogen-bond donors (Lipinski definition) is 2. The highest BCUT2D eigenvalue weighted by atomic mass is 15.3. The zero-order chi connectivity index (χ0) is 15.7. The second-order valence-electron chi connectivity index (χ2n) is 5.66. The Labute approximate surface area is 128 Å². The van der Waals surface area contributed by atoms with Crippen LogP contribution < -0.4 is 10.2 Å². The van der Waals surface area contributed by atoms with Gasteiger partial charge in [-0.2, -0.15) is 20.1 Å². The first kappa shape index (κ1) is 14.2. The monoisotopic (exact) mass is 297 g/mol. The lowest BCUT2D eigenvalue weighted by molar-refractivity contribution is 0.757. The molecule has 0 saturated heterocycles. The van der Waals surface area contributed by atoms with E-state index in [1.54, 1.807) is 6.20 Å². The van der Waals surface area contributed by atoms with E-state index in [0.29, 0.717) is 11.9 Å². The van der Waals surface area contributed by atoms with Crippen molar-refractivity contribution in [3.8, 4) is 0 Å². The van der Waals surface area contributed by atoms with Crippen LogP contribution in [0.25, 0.3) is 10.9 Å². The summed E-state index contributed by atoms with van der Waals surface area (Å²) in [5.74, 6) is 2.19. The average molecular weight is 297 g/mol. The first-order valence-corrected chi connectivity index (χ1v) is 7.16. The molecule has 1 aromatic carbocycles. The van der Waals surface area contributed by atoms with E-state index in [1.165, 1.54) is 0 Å². The van der Waals surface area contributed by atoms with E-state index < -0.39 is 0 Å². The van der Waals surface area contributed by atoms with E-state index in [1.807, 2.05) is 37.2 Å². The second kappa shape index (κ2) is 5.59. The summed E-state index contributed by atoms with van der Waals surface area (Å²) < 4.78 is 0. The van der Waals surface area contributed by atoms with Crippen molar-refractivity contribution < 1.29 is 0 Å². The zero-order valence-corrected chi connectivity index (χ0v) is 13.1. The summed E-state index contributed by atoms with van der Waals surface area (Å²) in [7, 11) is 3.83. The van der Waals surface area contributed by atoms with Crippen molar-refractivity contribution >= 4 is 28.5 Å². The number of fused-ring (bicyclic) bond motifs is 1. The van der Waals surface area contributed by atoms with Gasteiger partial charge in [-0.25, -0.2) is 0 Å². The molecule has 3 rings (SSSR count). The van der Waals surface area contributed by atoms with Gasteiger partial charge in [0.05, 0.1) is 11.7 Å². The molecule has 22 heavy (non-hydrogen) atoms. The van der Waals surface area contributed by atoms with Crippen molar-refractivity contribution in [1.82, 2.24) is 25.1 Å². The van der Waals surface area contributed by atoms with Gasteiger partial charge in [0.1, 0.15) is 5.82 Å². The number of nitrogens with one attached hydrogen (secondary N) is 2. The van der Waals surface area contributed by atoms with Crippen LogP contribution in [0.1, 0.15) is 25.6 Å². The Balaban J connectivity index is 1.96. The number of aromatic nitrogens is 5. The fourth-order valence-corrected chi connectivity index (χ4v) is 2.04. The topological polar surface area (TPSA) is 82.6 Å². The maximum atomic E-state index is 4.49. The molecule has 2 heterocycles. The van der Waals surface area contributed by atoms with Gasteiger partial charge >= 0.3 is 0 Å². The van der Waals surface area contributed by atoms with Crippen LogP contribution in [0.4, 0.5) is 17.6 Å². The molecule has 7 nitrogen and oxygen atoms in total. The molecule has 0 aliphatic carbocycles. The van der Waals surface area contributed by atoms with Crippen molar-refractivity contribution in [2.24, 2.45) is 0 Å². The minimum absolute atomic E-state index is 0.235. The van der Waals surface area contributed by atoms with Crippen LogP contribution in [0, 0.1) is 0 Å². The molecule has 0 aliphatic heterocycles. The first-order valence-electron chi connectivity index (χ1n) is 7.16. The van der Waals surface area contributed by atoms with Crippen LogP contribution >= 0.6 is 0 Å². The quantitative estimate of drug-likeness (QED) is 0.770. The fourth-order valence-electron chi connectivity index (χ4n) is 2.04. The summed E-state index contributed by atoms with van der Waals surface area (Å²) in [6.07, 6.45) is 1.79. The number of hydrogen-bond acceptors (Lipinski definition) is 6. The third-order valence-corrected chi connectivity index (χ3v) is 3.25. The summed E-state index contributed by atoms with van der Waals surface area (Å²) in [6, 6.07) is 5.95. The standard InChI is InChI=1S/C15H19N7/c1-9(2)13-18-14(20-15(19-13)22(3)4)17-11-5-6-12-10(7-11)8-16-21-12/h5-9H,1-4H3,(H,16,21)(H,17,18,19,20). The number of nitrogens with zero attached hydrogens (tertiary/aromatic N) is 5. The van der Waals surface area contributed by atoms with E-state index >= 15 is 0 Å². The van der Waals surface area contributed by atoms with Crippen LogP contribution in [-0.4, -0.2) is 39.2 Å². The molecule has 114 valence electrons. The molecule has 0 saturated carbocycles. The van der Waals surface area contributed by atoms with Crippen LogP contribution in [-0.2, 0) is 0 Å². The van der Waals surface area contributed by atoms with Crippen LogP contribution in [0.3, 0.4) is 0 Å². The zero-order valence-electron chi connectivity index (χ0n) is 13.1.